The van der Waals surface area contributed by atoms with Gasteiger partial charge in [-0.1, -0.05) is 12.1 Å². The molecule has 106 valence electrons. The number of hydrogen-bond acceptors (Lipinski definition) is 4. The zero-order chi connectivity index (χ0) is 14.3. The highest BCUT2D eigenvalue weighted by Crippen LogP contribution is 2.18. The second kappa shape index (κ2) is 7.76. The van der Waals surface area contributed by atoms with E-state index < -0.39 is 12.2 Å². The first-order valence-corrected chi connectivity index (χ1v) is 6.26. The molecule has 0 aliphatic heterocycles. The van der Waals surface area contributed by atoms with E-state index in [1.54, 1.807) is 45.2 Å². The minimum atomic E-state index is -0.575. The van der Waals surface area contributed by atoms with Crippen LogP contribution in [0.2, 0.25) is 0 Å². The van der Waals surface area contributed by atoms with Crippen molar-refractivity contribution in [1.82, 2.24) is 5.32 Å². The maximum absolute atomic E-state index is 11.7. The third-order valence-electron chi connectivity index (χ3n) is 2.65. The van der Waals surface area contributed by atoms with Gasteiger partial charge in [-0.25, -0.2) is 0 Å². The van der Waals surface area contributed by atoms with Crippen LogP contribution in [-0.2, 0) is 9.53 Å². The molecule has 1 aromatic rings. The Hall–Kier alpha value is -1.59. The maximum Gasteiger partial charge on any atom is 0.260 e. The van der Waals surface area contributed by atoms with Crippen molar-refractivity contribution in [2.24, 2.45) is 0 Å². The Balaban J connectivity index is 2.47. The van der Waals surface area contributed by atoms with Crippen molar-refractivity contribution >= 4 is 5.91 Å². The molecule has 5 heteroatoms. The highest BCUT2D eigenvalue weighted by Gasteiger charge is 2.13. The van der Waals surface area contributed by atoms with Gasteiger partial charge in [0.25, 0.3) is 5.91 Å². The first kappa shape index (κ1) is 15.5. The number of amides is 1. The first-order chi connectivity index (χ1) is 9.04. The lowest BCUT2D eigenvalue weighted by Crippen LogP contribution is -2.37. The SMILES string of the molecule is COCCNC(=O)C(C)Oc1ccc([C@H](C)O)cc1. The summed E-state index contributed by atoms with van der Waals surface area (Å²) in [5, 5.41) is 12.1. The Kier molecular flexibility index (Phi) is 6.32. The molecule has 0 radical (unpaired) electrons. The molecule has 0 saturated heterocycles. The molecule has 0 aliphatic rings. The molecule has 1 amide bonds. The molecule has 0 heterocycles. The molecule has 0 aliphatic carbocycles. The van der Waals surface area contributed by atoms with Crippen LogP contribution >= 0.6 is 0 Å². The predicted octanol–water partition coefficient (Wildman–Crippen LogP) is 1.27. The van der Waals surface area contributed by atoms with Crippen LogP contribution in [0.5, 0.6) is 5.75 Å². The van der Waals surface area contributed by atoms with Crippen LogP contribution in [0.1, 0.15) is 25.5 Å². The number of aliphatic hydroxyl groups is 1. The highest BCUT2D eigenvalue weighted by molar-refractivity contribution is 5.80. The van der Waals surface area contributed by atoms with E-state index in [4.69, 9.17) is 9.47 Å². The third kappa shape index (κ3) is 5.28. The predicted molar refractivity (Wildman–Crippen MR) is 72.1 cm³/mol. The quantitative estimate of drug-likeness (QED) is 0.730. The Bertz CT molecular complexity index is 389. The largest absolute Gasteiger partial charge is 0.481 e. The molecule has 2 atom stereocenters. The van der Waals surface area contributed by atoms with Crippen molar-refractivity contribution in [2.75, 3.05) is 20.3 Å². The molecule has 2 N–H and O–H groups in total. The van der Waals surface area contributed by atoms with Crippen molar-refractivity contribution in [1.29, 1.82) is 0 Å². The average Bonchev–Trinajstić information content (AvgIpc) is 2.39. The van der Waals surface area contributed by atoms with Crippen molar-refractivity contribution in [3.8, 4) is 5.75 Å². The molecule has 5 nitrogen and oxygen atoms in total. The van der Waals surface area contributed by atoms with Gasteiger partial charge < -0.3 is 19.9 Å². The number of methoxy groups -OCH3 is 1. The number of hydrogen-bond donors (Lipinski definition) is 2. The van der Waals surface area contributed by atoms with E-state index >= 15 is 0 Å². The second-order valence-corrected chi connectivity index (χ2v) is 4.29. The fourth-order valence-electron chi connectivity index (χ4n) is 1.50. The summed E-state index contributed by atoms with van der Waals surface area (Å²) in [6.45, 7) is 4.32. The number of ether oxygens (including phenoxy) is 2. The van der Waals surface area contributed by atoms with Gasteiger partial charge in [-0.15, -0.1) is 0 Å². The van der Waals surface area contributed by atoms with Gasteiger partial charge in [0.15, 0.2) is 6.10 Å². The van der Waals surface area contributed by atoms with Gasteiger partial charge in [0, 0.05) is 13.7 Å². The lowest BCUT2D eigenvalue weighted by Gasteiger charge is -2.15. The van der Waals surface area contributed by atoms with Crippen LogP contribution in [0.4, 0.5) is 0 Å². The smallest absolute Gasteiger partial charge is 0.260 e. The number of benzene rings is 1. The van der Waals surface area contributed by atoms with Crippen molar-refractivity contribution in [3.05, 3.63) is 29.8 Å². The number of carbonyl (C=O) groups is 1. The van der Waals surface area contributed by atoms with Gasteiger partial charge in [-0.3, -0.25) is 4.79 Å². The van der Waals surface area contributed by atoms with Gasteiger partial charge in [-0.2, -0.15) is 0 Å². The van der Waals surface area contributed by atoms with E-state index in [1.807, 2.05) is 0 Å². The van der Waals surface area contributed by atoms with Crippen LogP contribution in [0.15, 0.2) is 24.3 Å². The zero-order valence-corrected chi connectivity index (χ0v) is 11.6. The molecule has 0 aromatic heterocycles. The summed E-state index contributed by atoms with van der Waals surface area (Å²) in [5.41, 5.74) is 0.810. The molecule has 1 aromatic carbocycles. The van der Waals surface area contributed by atoms with E-state index in [2.05, 4.69) is 5.32 Å². The standard InChI is InChI=1S/C14H21NO4/c1-10(16)12-4-6-13(7-5-12)19-11(2)14(17)15-8-9-18-3/h4-7,10-11,16H,8-9H2,1-3H3,(H,15,17)/t10-,11?/m0/s1. The summed E-state index contributed by atoms with van der Waals surface area (Å²) >= 11 is 0. The molecule has 19 heavy (non-hydrogen) atoms. The first-order valence-electron chi connectivity index (χ1n) is 6.26. The van der Waals surface area contributed by atoms with E-state index in [0.717, 1.165) is 5.56 Å². The van der Waals surface area contributed by atoms with E-state index in [0.29, 0.717) is 18.9 Å². The summed E-state index contributed by atoms with van der Waals surface area (Å²) in [6, 6.07) is 7.02. The summed E-state index contributed by atoms with van der Waals surface area (Å²) in [7, 11) is 1.58. The van der Waals surface area contributed by atoms with Gasteiger partial charge in [0.1, 0.15) is 5.75 Å². The molecule has 1 unspecified atom stereocenters. The summed E-state index contributed by atoms with van der Waals surface area (Å²) in [4.78, 5) is 11.7. The van der Waals surface area contributed by atoms with Crippen LogP contribution in [0.3, 0.4) is 0 Å². The van der Waals surface area contributed by atoms with Gasteiger partial charge >= 0.3 is 0 Å². The van der Waals surface area contributed by atoms with Crippen molar-refractivity contribution in [3.63, 3.8) is 0 Å². The lowest BCUT2D eigenvalue weighted by atomic mass is 10.1. The van der Waals surface area contributed by atoms with E-state index in [-0.39, 0.29) is 5.91 Å². The monoisotopic (exact) mass is 267 g/mol. The Labute approximate surface area is 113 Å². The normalized spacial score (nSPS) is 13.7. The number of carbonyl (C=O) groups excluding carboxylic acids is 1. The van der Waals surface area contributed by atoms with E-state index in [9.17, 15) is 9.90 Å². The van der Waals surface area contributed by atoms with Gasteiger partial charge in [-0.05, 0) is 31.5 Å². The minimum absolute atomic E-state index is 0.184. The average molecular weight is 267 g/mol. The fourth-order valence-corrected chi connectivity index (χ4v) is 1.50. The lowest BCUT2D eigenvalue weighted by molar-refractivity contribution is -0.127. The Morgan fingerprint density at radius 2 is 1.95 bits per heavy atom. The highest BCUT2D eigenvalue weighted by atomic mass is 16.5. The minimum Gasteiger partial charge on any atom is -0.481 e. The third-order valence-corrected chi connectivity index (χ3v) is 2.65. The molecule has 0 fully saturated rings. The summed E-state index contributed by atoms with van der Waals surface area (Å²) in [6.07, 6.45) is -1.09. The maximum atomic E-state index is 11.7. The van der Waals surface area contributed by atoms with Crippen LogP contribution in [-0.4, -0.2) is 37.4 Å². The van der Waals surface area contributed by atoms with Crippen LogP contribution in [0, 0.1) is 0 Å². The molecule has 0 saturated carbocycles. The molecular formula is C14H21NO4. The number of aliphatic hydroxyl groups excluding tert-OH is 1. The van der Waals surface area contributed by atoms with E-state index in [1.165, 1.54) is 0 Å². The zero-order valence-electron chi connectivity index (χ0n) is 11.6. The number of rotatable bonds is 7. The molecule has 0 bridgehead atoms. The summed E-state index contributed by atoms with van der Waals surface area (Å²) < 4.78 is 10.4. The molecular weight excluding hydrogens is 246 g/mol. The summed E-state index contributed by atoms with van der Waals surface area (Å²) in [5.74, 6) is 0.412. The molecule has 1 rings (SSSR count). The Morgan fingerprint density at radius 1 is 1.32 bits per heavy atom. The van der Waals surface area contributed by atoms with Crippen LogP contribution in [0.25, 0.3) is 0 Å². The van der Waals surface area contributed by atoms with Crippen molar-refractivity contribution < 1.29 is 19.4 Å². The Morgan fingerprint density at radius 3 is 2.47 bits per heavy atom. The number of nitrogens with one attached hydrogen (secondary N) is 1. The van der Waals surface area contributed by atoms with Crippen LogP contribution < -0.4 is 10.1 Å². The van der Waals surface area contributed by atoms with Gasteiger partial charge in [0.05, 0.1) is 12.7 Å². The fraction of sp³-hybridized carbons (Fsp3) is 0.500. The van der Waals surface area contributed by atoms with Gasteiger partial charge in [0.2, 0.25) is 0 Å². The second-order valence-electron chi connectivity index (χ2n) is 4.29. The van der Waals surface area contributed by atoms with Crippen molar-refractivity contribution in [2.45, 2.75) is 26.1 Å². The topological polar surface area (TPSA) is 67.8 Å². The molecule has 0 spiro atoms.